The third-order valence-corrected chi connectivity index (χ3v) is 4.90. The summed E-state index contributed by atoms with van der Waals surface area (Å²) in [5, 5.41) is 4.74. The highest BCUT2D eigenvalue weighted by Crippen LogP contribution is 2.09. The first-order valence-electron chi connectivity index (χ1n) is 8.43. The largest absolute Gasteiger partial charge is 0.337 e. The summed E-state index contributed by atoms with van der Waals surface area (Å²) >= 11 is 1.68. The summed E-state index contributed by atoms with van der Waals surface area (Å²) in [5.74, 6) is -0.0774. The Morgan fingerprint density at radius 3 is 2.52 bits per heavy atom. The van der Waals surface area contributed by atoms with Crippen LogP contribution in [0.4, 0.5) is 4.79 Å². The van der Waals surface area contributed by atoms with Gasteiger partial charge in [-0.25, -0.2) is 4.79 Å². The van der Waals surface area contributed by atoms with Crippen LogP contribution in [0.5, 0.6) is 0 Å². The van der Waals surface area contributed by atoms with E-state index < -0.39 is 0 Å². The van der Waals surface area contributed by atoms with Crippen molar-refractivity contribution in [1.82, 2.24) is 15.1 Å². The Hall–Kier alpha value is -2.34. The van der Waals surface area contributed by atoms with Crippen LogP contribution in [-0.4, -0.2) is 48.4 Å². The molecule has 1 heterocycles. The van der Waals surface area contributed by atoms with Gasteiger partial charge < -0.3 is 15.1 Å². The van der Waals surface area contributed by atoms with E-state index in [0.717, 1.165) is 12.0 Å². The lowest BCUT2D eigenvalue weighted by molar-refractivity contribution is -0.130. The van der Waals surface area contributed by atoms with Crippen molar-refractivity contribution in [3.63, 3.8) is 0 Å². The number of benzene rings is 1. The molecule has 0 aliphatic carbocycles. The average Bonchev–Trinajstić information content (AvgIpc) is 3.16. The van der Waals surface area contributed by atoms with Gasteiger partial charge in [-0.05, 0) is 30.4 Å². The van der Waals surface area contributed by atoms with Gasteiger partial charge in [-0.3, -0.25) is 4.79 Å². The fourth-order valence-corrected chi connectivity index (χ4v) is 3.11. The highest BCUT2D eigenvalue weighted by molar-refractivity contribution is 7.09. The minimum absolute atomic E-state index is 0.0167. The number of likely N-dealkylation sites (N-methyl/N-ethyl adjacent to an activating group) is 2. The van der Waals surface area contributed by atoms with Crippen molar-refractivity contribution in [2.24, 2.45) is 0 Å². The van der Waals surface area contributed by atoms with E-state index in [2.05, 4.69) is 11.4 Å². The summed E-state index contributed by atoms with van der Waals surface area (Å²) in [6, 6.07) is 13.7. The van der Waals surface area contributed by atoms with Crippen LogP contribution in [0.25, 0.3) is 0 Å². The molecule has 6 heteroatoms. The smallest absolute Gasteiger partial charge is 0.317 e. The van der Waals surface area contributed by atoms with Gasteiger partial charge >= 0.3 is 6.03 Å². The van der Waals surface area contributed by atoms with Crippen LogP contribution < -0.4 is 5.32 Å². The maximum Gasteiger partial charge on any atom is 0.317 e. The first kappa shape index (κ1) is 19.0. The first-order valence-corrected chi connectivity index (χ1v) is 9.31. The predicted octanol–water partition coefficient (Wildman–Crippen LogP) is 2.98. The molecule has 0 bridgehead atoms. The first-order chi connectivity index (χ1) is 12.1. The number of nitrogens with zero attached hydrogens (tertiary/aromatic N) is 2. The summed E-state index contributed by atoms with van der Waals surface area (Å²) in [5.41, 5.74) is 1.08. The van der Waals surface area contributed by atoms with E-state index in [1.807, 2.05) is 48.7 Å². The van der Waals surface area contributed by atoms with Gasteiger partial charge in [0, 0.05) is 31.6 Å². The molecule has 2 rings (SSSR count). The monoisotopic (exact) mass is 359 g/mol. The van der Waals surface area contributed by atoms with Crippen molar-refractivity contribution >= 4 is 23.3 Å². The van der Waals surface area contributed by atoms with Gasteiger partial charge in [-0.15, -0.1) is 11.3 Å². The lowest BCUT2D eigenvalue weighted by Crippen LogP contribution is -2.44. The Morgan fingerprint density at radius 1 is 1.12 bits per heavy atom. The van der Waals surface area contributed by atoms with Gasteiger partial charge in [-0.2, -0.15) is 0 Å². The average molecular weight is 359 g/mol. The van der Waals surface area contributed by atoms with E-state index in [1.54, 1.807) is 28.2 Å². The van der Waals surface area contributed by atoms with Crippen molar-refractivity contribution in [3.05, 3.63) is 58.3 Å². The quantitative estimate of drug-likeness (QED) is 0.788. The highest BCUT2D eigenvalue weighted by Gasteiger charge is 2.15. The number of carbonyl (C=O) groups is 2. The highest BCUT2D eigenvalue weighted by atomic mass is 32.1. The Labute approximate surface area is 153 Å². The molecule has 0 spiro atoms. The maximum atomic E-state index is 12.3. The standard InChI is InChI=1S/C19H25N3O2S/c1-3-22(15-16-8-5-4-6-9-16)18(23)14-20-19(24)21(2)12-11-17-10-7-13-25-17/h4-10,13H,3,11-12,14-15H2,1-2H3,(H,20,24). The van der Waals surface area contributed by atoms with E-state index in [4.69, 9.17) is 0 Å². The van der Waals surface area contributed by atoms with Crippen molar-refractivity contribution in [1.29, 1.82) is 0 Å². The van der Waals surface area contributed by atoms with Crippen LogP contribution in [-0.2, 0) is 17.8 Å². The summed E-state index contributed by atoms with van der Waals surface area (Å²) in [4.78, 5) is 29.1. The van der Waals surface area contributed by atoms with E-state index in [-0.39, 0.29) is 18.5 Å². The van der Waals surface area contributed by atoms with Crippen molar-refractivity contribution in [2.75, 3.05) is 26.7 Å². The summed E-state index contributed by atoms with van der Waals surface area (Å²) < 4.78 is 0. The molecule has 0 radical (unpaired) electrons. The molecule has 0 unspecified atom stereocenters. The minimum Gasteiger partial charge on any atom is -0.337 e. The Kier molecular flexibility index (Phi) is 7.47. The molecular weight excluding hydrogens is 334 g/mol. The molecule has 5 nitrogen and oxygen atoms in total. The molecule has 1 N–H and O–H groups in total. The molecule has 0 aliphatic heterocycles. The number of hydrogen-bond donors (Lipinski definition) is 1. The van der Waals surface area contributed by atoms with Crippen LogP contribution in [0.3, 0.4) is 0 Å². The lowest BCUT2D eigenvalue weighted by Gasteiger charge is -2.22. The molecule has 0 saturated carbocycles. The number of urea groups is 1. The molecule has 25 heavy (non-hydrogen) atoms. The number of thiophene rings is 1. The molecule has 1 aromatic carbocycles. The van der Waals surface area contributed by atoms with Crippen LogP contribution in [0.15, 0.2) is 47.8 Å². The molecular formula is C19H25N3O2S. The molecule has 0 fully saturated rings. The van der Waals surface area contributed by atoms with Crippen LogP contribution in [0, 0.1) is 0 Å². The summed E-state index contributed by atoms with van der Waals surface area (Å²) in [7, 11) is 1.75. The third kappa shape index (κ3) is 6.23. The van der Waals surface area contributed by atoms with Gasteiger partial charge in [0.15, 0.2) is 0 Å². The van der Waals surface area contributed by atoms with Gasteiger partial charge in [0.1, 0.15) is 0 Å². The van der Waals surface area contributed by atoms with Crippen LogP contribution >= 0.6 is 11.3 Å². The topological polar surface area (TPSA) is 52.7 Å². The fourth-order valence-electron chi connectivity index (χ4n) is 2.41. The zero-order chi connectivity index (χ0) is 18.1. The van der Waals surface area contributed by atoms with Gasteiger partial charge in [0.2, 0.25) is 5.91 Å². The minimum atomic E-state index is -0.222. The van der Waals surface area contributed by atoms with Crippen molar-refractivity contribution in [3.8, 4) is 0 Å². The molecule has 0 aliphatic rings. The molecule has 0 saturated heterocycles. The lowest BCUT2D eigenvalue weighted by atomic mass is 10.2. The van der Waals surface area contributed by atoms with E-state index >= 15 is 0 Å². The fraction of sp³-hybridized carbons (Fsp3) is 0.368. The zero-order valence-electron chi connectivity index (χ0n) is 14.8. The van der Waals surface area contributed by atoms with Gasteiger partial charge in [0.25, 0.3) is 0 Å². The third-order valence-electron chi connectivity index (χ3n) is 3.96. The normalized spacial score (nSPS) is 10.3. The van der Waals surface area contributed by atoms with Gasteiger partial charge in [0.05, 0.1) is 6.54 Å². The Bertz CT molecular complexity index is 659. The molecule has 134 valence electrons. The number of amides is 3. The van der Waals surface area contributed by atoms with Crippen LogP contribution in [0.2, 0.25) is 0 Å². The van der Waals surface area contributed by atoms with Crippen molar-refractivity contribution in [2.45, 2.75) is 19.9 Å². The molecule has 1 aromatic heterocycles. The van der Waals surface area contributed by atoms with Crippen molar-refractivity contribution < 1.29 is 9.59 Å². The van der Waals surface area contributed by atoms with Gasteiger partial charge in [-0.1, -0.05) is 36.4 Å². The van der Waals surface area contributed by atoms with E-state index in [9.17, 15) is 9.59 Å². The van der Waals surface area contributed by atoms with E-state index in [1.165, 1.54) is 4.88 Å². The number of nitrogens with one attached hydrogen (secondary N) is 1. The molecule has 0 atom stereocenters. The Morgan fingerprint density at radius 2 is 1.88 bits per heavy atom. The SMILES string of the molecule is CCN(Cc1ccccc1)C(=O)CNC(=O)N(C)CCc1cccs1. The van der Waals surface area contributed by atoms with Crippen LogP contribution in [0.1, 0.15) is 17.4 Å². The zero-order valence-corrected chi connectivity index (χ0v) is 15.6. The summed E-state index contributed by atoms with van der Waals surface area (Å²) in [6.45, 7) is 3.75. The maximum absolute atomic E-state index is 12.3. The molecule has 3 amide bonds. The predicted molar refractivity (Wildman–Crippen MR) is 102 cm³/mol. The molecule has 2 aromatic rings. The Balaban J connectivity index is 1.75. The number of hydrogen-bond acceptors (Lipinski definition) is 3. The summed E-state index contributed by atoms with van der Waals surface area (Å²) in [6.07, 6.45) is 0.824. The number of rotatable bonds is 8. The number of carbonyl (C=O) groups excluding carboxylic acids is 2. The second-order valence-corrected chi connectivity index (χ2v) is 6.84. The second-order valence-electron chi connectivity index (χ2n) is 5.80. The second kappa shape index (κ2) is 9.84. The van der Waals surface area contributed by atoms with E-state index in [0.29, 0.717) is 19.6 Å².